The molecule has 0 radical (unpaired) electrons. The molecule has 1 saturated heterocycles. The smallest absolute Gasteiger partial charge is 0.336 e. The van der Waals surface area contributed by atoms with Crippen LogP contribution in [-0.2, 0) is 4.84 Å². The molecule has 4 amide bonds. The van der Waals surface area contributed by atoms with Gasteiger partial charge in [-0.05, 0) is 0 Å². The number of carbonyl (C=O) groups is 2. The van der Waals surface area contributed by atoms with E-state index in [1.807, 2.05) is 0 Å². The minimum atomic E-state index is -0.451. The Balaban J connectivity index is 2.57. The molecule has 0 aromatic rings. The van der Waals surface area contributed by atoms with E-state index in [-0.39, 0.29) is 6.03 Å². The lowest BCUT2D eigenvalue weighted by atomic mass is 10.6. The zero-order valence-electron chi connectivity index (χ0n) is 7.03. The Kier molecular flexibility index (Phi) is 2.49. The van der Waals surface area contributed by atoms with Gasteiger partial charge in [-0.15, -0.1) is 0 Å². The summed E-state index contributed by atoms with van der Waals surface area (Å²) in [4.78, 5) is 27.9. The van der Waals surface area contributed by atoms with Crippen molar-refractivity contribution in [1.82, 2.24) is 15.3 Å². The number of carbonyl (C=O) groups excluding carboxylic acids is 2. The Morgan fingerprint density at radius 3 is 2.83 bits per heavy atom. The van der Waals surface area contributed by atoms with Crippen LogP contribution in [0.1, 0.15) is 0 Å². The Hall–Kier alpha value is -1.30. The van der Waals surface area contributed by atoms with Crippen molar-refractivity contribution in [3.8, 4) is 0 Å². The molecule has 0 atom stereocenters. The maximum atomic E-state index is 11.3. The van der Waals surface area contributed by atoms with Gasteiger partial charge in [0.2, 0.25) is 0 Å². The molecule has 68 valence electrons. The van der Waals surface area contributed by atoms with Crippen LogP contribution >= 0.6 is 0 Å². The highest BCUT2D eigenvalue weighted by Gasteiger charge is 2.28. The largest absolute Gasteiger partial charge is 0.351 e. The van der Waals surface area contributed by atoms with Gasteiger partial charge < -0.3 is 5.32 Å². The number of nitrogens with zero attached hydrogens (tertiary/aromatic N) is 2. The number of amides is 4. The number of hydroxylamine groups is 2. The molecule has 0 saturated carbocycles. The summed E-state index contributed by atoms with van der Waals surface area (Å²) in [7, 11) is 2.82. The van der Waals surface area contributed by atoms with E-state index in [1.54, 1.807) is 0 Å². The van der Waals surface area contributed by atoms with Gasteiger partial charge in [0.05, 0.1) is 7.11 Å². The van der Waals surface area contributed by atoms with Gasteiger partial charge in [-0.25, -0.2) is 19.6 Å². The molecule has 0 spiro atoms. The molecule has 0 aliphatic carbocycles. The number of hydrogen-bond donors (Lipinski definition) is 1. The second-order valence-electron chi connectivity index (χ2n) is 2.35. The van der Waals surface area contributed by atoms with Gasteiger partial charge in [0, 0.05) is 20.1 Å². The highest BCUT2D eigenvalue weighted by Crippen LogP contribution is 2.01. The van der Waals surface area contributed by atoms with Gasteiger partial charge in [-0.3, -0.25) is 4.84 Å². The molecule has 0 aromatic heterocycles. The van der Waals surface area contributed by atoms with E-state index in [4.69, 9.17) is 0 Å². The first-order valence-electron chi connectivity index (χ1n) is 3.54. The first-order chi connectivity index (χ1) is 5.66. The van der Waals surface area contributed by atoms with Crippen molar-refractivity contribution in [1.29, 1.82) is 0 Å². The average molecular weight is 173 g/mol. The van der Waals surface area contributed by atoms with Gasteiger partial charge in [0.25, 0.3) is 0 Å². The molecule has 0 unspecified atom stereocenters. The average Bonchev–Trinajstić information content (AvgIpc) is 2.48. The molecular formula is C6H11N3O3. The van der Waals surface area contributed by atoms with Gasteiger partial charge in [-0.2, -0.15) is 0 Å². The summed E-state index contributed by atoms with van der Waals surface area (Å²) in [6.07, 6.45) is 0. The Morgan fingerprint density at radius 1 is 1.75 bits per heavy atom. The van der Waals surface area contributed by atoms with Gasteiger partial charge in [-0.1, -0.05) is 0 Å². The molecule has 1 rings (SSSR count). The molecule has 1 aliphatic rings. The third kappa shape index (κ3) is 1.48. The van der Waals surface area contributed by atoms with Crippen LogP contribution in [0.4, 0.5) is 9.59 Å². The van der Waals surface area contributed by atoms with Crippen molar-refractivity contribution in [2.75, 3.05) is 27.2 Å². The SMILES string of the molecule is CON(C)C(=O)N1CCNC1=O. The molecule has 1 fully saturated rings. The molecule has 1 aliphatic heterocycles. The minimum absolute atomic E-state index is 0.371. The van der Waals surface area contributed by atoms with Crippen LogP contribution in [0.3, 0.4) is 0 Å². The van der Waals surface area contributed by atoms with Crippen LogP contribution in [-0.4, -0.2) is 49.3 Å². The monoisotopic (exact) mass is 173 g/mol. The van der Waals surface area contributed by atoms with E-state index in [2.05, 4.69) is 10.2 Å². The molecule has 0 aromatic carbocycles. The van der Waals surface area contributed by atoms with Crippen molar-refractivity contribution in [3.63, 3.8) is 0 Å². The number of urea groups is 2. The second-order valence-corrected chi connectivity index (χ2v) is 2.35. The van der Waals surface area contributed by atoms with Crippen LogP contribution in [0.25, 0.3) is 0 Å². The van der Waals surface area contributed by atoms with Crippen LogP contribution in [0.2, 0.25) is 0 Å². The number of hydrogen-bond acceptors (Lipinski definition) is 3. The third-order valence-electron chi connectivity index (χ3n) is 1.63. The third-order valence-corrected chi connectivity index (χ3v) is 1.63. The first kappa shape index (κ1) is 8.79. The van der Waals surface area contributed by atoms with Crippen molar-refractivity contribution >= 4 is 12.1 Å². The number of rotatable bonds is 1. The van der Waals surface area contributed by atoms with E-state index in [1.165, 1.54) is 14.2 Å². The zero-order chi connectivity index (χ0) is 9.14. The highest BCUT2D eigenvalue weighted by molar-refractivity contribution is 5.94. The van der Waals surface area contributed by atoms with E-state index < -0.39 is 6.03 Å². The summed E-state index contributed by atoms with van der Waals surface area (Å²) in [5.41, 5.74) is 0. The predicted molar refractivity (Wildman–Crippen MR) is 40.3 cm³/mol. The highest BCUT2D eigenvalue weighted by atomic mass is 16.7. The van der Waals surface area contributed by atoms with Gasteiger partial charge in [0.15, 0.2) is 0 Å². The van der Waals surface area contributed by atoms with Crippen LogP contribution in [0.5, 0.6) is 0 Å². The van der Waals surface area contributed by atoms with Crippen LogP contribution in [0, 0.1) is 0 Å². The lowest BCUT2D eigenvalue weighted by molar-refractivity contribution is -0.0717. The molecular weight excluding hydrogens is 162 g/mol. The summed E-state index contributed by atoms with van der Waals surface area (Å²) < 4.78 is 0. The maximum Gasteiger partial charge on any atom is 0.351 e. The van der Waals surface area contributed by atoms with Crippen LogP contribution < -0.4 is 5.32 Å². The topological polar surface area (TPSA) is 61.9 Å². The summed E-state index contributed by atoms with van der Waals surface area (Å²) in [5, 5.41) is 3.52. The lowest BCUT2D eigenvalue weighted by Gasteiger charge is -2.19. The Labute approximate surface area is 70.0 Å². The summed E-state index contributed by atoms with van der Waals surface area (Å²) >= 11 is 0. The maximum absolute atomic E-state index is 11.3. The molecule has 6 nitrogen and oxygen atoms in total. The predicted octanol–water partition coefficient (Wildman–Crippen LogP) is -0.375. The fourth-order valence-corrected chi connectivity index (χ4v) is 0.902. The van der Waals surface area contributed by atoms with E-state index in [0.29, 0.717) is 13.1 Å². The van der Waals surface area contributed by atoms with Crippen molar-refractivity contribution < 1.29 is 14.4 Å². The Bertz CT molecular complexity index is 206. The molecule has 12 heavy (non-hydrogen) atoms. The number of nitrogens with one attached hydrogen (secondary N) is 1. The fraction of sp³-hybridized carbons (Fsp3) is 0.667. The number of imide groups is 1. The zero-order valence-corrected chi connectivity index (χ0v) is 7.03. The lowest BCUT2D eigenvalue weighted by Crippen LogP contribution is -2.42. The molecule has 6 heteroatoms. The first-order valence-corrected chi connectivity index (χ1v) is 3.54. The van der Waals surface area contributed by atoms with Crippen molar-refractivity contribution in [2.45, 2.75) is 0 Å². The van der Waals surface area contributed by atoms with E-state index in [0.717, 1.165) is 9.96 Å². The van der Waals surface area contributed by atoms with Crippen molar-refractivity contribution in [2.24, 2.45) is 0 Å². The summed E-state index contributed by atoms with van der Waals surface area (Å²) in [6.45, 7) is 0.896. The Morgan fingerprint density at radius 2 is 2.42 bits per heavy atom. The van der Waals surface area contributed by atoms with Crippen LogP contribution in [0.15, 0.2) is 0 Å². The van der Waals surface area contributed by atoms with Gasteiger partial charge in [0.1, 0.15) is 0 Å². The van der Waals surface area contributed by atoms with E-state index >= 15 is 0 Å². The minimum Gasteiger partial charge on any atom is -0.336 e. The van der Waals surface area contributed by atoms with Crippen molar-refractivity contribution in [3.05, 3.63) is 0 Å². The van der Waals surface area contributed by atoms with Gasteiger partial charge >= 0.3 is 12.1 Å². The molecule has 1 heterocycles. The standard InChI is InChI=1S/C6H11N3O3/c1-8(12-2)6(11)9-4-3-7-5(9)10/h3-4H2,1-2H3,(H,7,10). The summed E-state index contributed by atoms with van der Waals surface area (Å²) in [5.74, 6) is 0. The fourth-order valence-electron chi connectivity index (χ4n) is 0.902. The normalized spacial score (nSPS) is 16.2. The summed E-state index contributed by atoms with van der Waals surface area (Å²) in [6, 6.07) is -0.823. The van der Waals surface area contributed by atoms with E-state index in [9.17, 15) is 9.59 Å². The second kappa shape index (κ2) is 3.40. The quantitative estimate of drug-likeness (QED) is 0.550. The molecule has 0 bridgehead atoms. The molecule has 1 N–H and O–H groups in total.